The lowest BCUT2D eigenvalue weighted by Crippen LogP contribution is -2.21. The van der Waals surface area contributed by atoms with E-state index in [0.717, 1.165) is 16.7 Å². The number of methoxy groups -OCH3 is 1. The summed E-state index contributed by atoms with van der Waals surface area (Å²) in [7, 11) is 1.59. The Morgan fingerprint density at radius 2 is 1.64 bits per heavy atom. The maximum Gasteiger partial charge on any atom is 0.180 e. The van der Waals surface area contributed by atoms with E-state index in [1.165, 1.54) is 0 Å². The quantitative estimate of drug-likeness (QED) is 0.547. The maximum absolute atomic E-state index is 10.2. The van der Waals surface area contributed by atoms with Crippen LogP contribution in [-0.4, -0.2) is 18.8 Å². The molecule has 0 spiro atoms. The largest absolute Gasteiger partial charge is 0.493 e. The third kappa shape index (κ3) is 5.49. The van der Waals surface area contributed by atoms with Crippen LogP contribution in [0.1, 0.15) is 22.8 Å². The summed E-state index contributed by atoms with van der Waals surface area (Å²) in [5.74, 6) is 1.12. The summed E-state index contributed by atoms with van der Waals surface area (Å²) in [6, 6.07) is 23.2. The van der Waals surface area contributed by atoms with Crippen LogP contribution >= 0.6 is 11.6 Å². The van der Waals surface area contributed by atoms with E-state index in [-0.39, 0.29) is 0 Å². The molecule has 0 saturated heterocycles. The molecule has 146 valence electrons. The van der Waals surface area contributed by atoms with Crippen molar-refractivity contribution in [1.29, 1.82) is 0 Å². The van der Waals surface area contributed by atoms with Crippen molar-refractivity contribution in [1.82, 2.24) is 5.32 Å². The molecule has 1 atom stereocenters. The van der Waals surface area contributed by atoms with Crippen molar-refractivity contribution in [2.45, 2.75) is 19.3 Å². The lowest BCUT2D eigenvalue weighted by molar-refractivity contribution is 0.174. The van der Waals surface area contributed by atoms with E-state index in [1.807, 2.05) is 72.8 Å². The first kappa shape index (κ1) is 20.2. The Balaban J connectivity index is 1.60. The van der Waals surface area contributed by atoms with Crippen LogP contribution < -0.4 is 14.8 Å². The number of benzene rings is 3. The van der Waals surface area contributed by atoms with Gasteiger partial charge in [-0.05, 0) is 28.8 Å². The predicted molar refractivity (Wildman–Crippen MR) is 112 cm³/mol. The topological polar surface area (TPSA) is 50.7 Å². The number of nitrogens with one attached hydrogen (secondary N) is 1. The van der Waals surface area contributed by atoms with E-state index < -0.39 is 6.10 Å². The van der Waals surface area contributed by atoms with E-state index in [0.29, 0.717) is 36.2 Å². The standard InChI is InChI=1S/C23H24ClNO3/c1-27-22-13-18(14-25-15-21(26)19-10-6-3-7-11-19)12-20(24)23(22)28-16-17-8-4-2-5-9-17/h2-13,21,25-26H,14-16H2,1H3/t21-/m1/s1. The number of halogens is 1. The predicted octanol–water partition coefficient (Wildman–Crippen LogP) is 4.75. The SMILES string of the molecule is COc1cc(CNC[C@@H](O)c2ccccc2)cc(Cl)c1OCc1ccccc1. The zero-order chi connectivity index (χ0) is 19.8. The summed E-state index contributed by atoms with van der Waals surface area (Å²) in [5.41, 5.74) is 2.89. The minimum atomic E-state index is -0.563. The molecule has 5 heteroatoms. The fraction of sp³-hybridized carbons (Fsp3) is 0.217. The van der Waals surface area contributed by atoms with Crippen molar-refractivity contribution in [2.75, 3.05) is 13.7 Å². The number of ether oxygens (including phenoxy) is 2. The van der Waals surface area contributed by atoms with Gasteiger partial charge in [0, 0.05) is 13.1 Å². The molecule has 0 bridgehead atoms. The zero-order valence-electron chi connectivity index (χ0n) is 15.8. The van der Waals surface area contributed by atoms with Crippen LogP contribution in [0.5, 0.6) is 11.5 Å². The summed E-state index contributed by atoms with van der Waals surface area (Å²) in [6.45, 7) is 1.41. The number of hydrogen-bond donors (Lipinski definition) is 2. The van der Waals surface area contributed by atoms with Crippen LogP contribution in [0, 0.1) is 0 Å². The van der Waals surface area contributed by atoms with Crippen LogP contribution in [0.3, 0.4) is 0 Å². The average Bonchev–Trinajstić information content (AvgIpc) is 2.74. The Labute approximate surface area is 170 Å². The van der Waals surface area contributed by atoms with Crippen molar-refractivity contribution >= 4 is 11.6 Å². The molecule has 4 nitrogen and oxygen atoms in total. The molecule has 3 aromatic carbocycles. The number of aliphatic hydroxyl groups excluding tert-OH is 1. The molecule has 0 aliphatic rings. The molecule has 0 saturated carbocycles. The van der Waals surface area contributed by atoms with Crippen molar-refractivity contribution in [3.63, 3.8) is 0 Å². The first-order valence-electron chi connectivity index (χ1n) is 9.14. The first-order chi connectivity index (χ1) is 13.7. The highest BCUT2D eigenvalue weighted by molar-refractivity contribution is 6.32. The smallest absolute Gasteiger partial charge is 0.180 e. The summed E-state index contributed by atoms with van der Waals surface area (Å²) in [5, 5.41) is 14.0. The normalized spacial score (nSPS) is 11.8. The van der Waals surface area contributed by atoms with Crippen molar-refractivity contribution < 1.29 is 14.6 Å². The van der Waals surface area contributed by atoms with E-state index in [4.69, 9.17) is 21.1 Å². The van der Waals surface area contributed by atoms with Crippen LogP contribution in [0.2, 0.25) is 5.02 Å². The van der Waals surface area contributed by atoms with Gasteiger partial charge in [-0.2, -0.15) is 0 Å². The lowest BCUT2D eigenvalue weighted by atomic mass is 10.1. The van der Waals surface area contributed by atoms with Crippen LogP contribution in [-0.2, 0) is 13.2 Å². The van der Waals surface area contributed by atoms with Gasteiger partial charge in [-0.1, -0.05) is 72.3 Å². The molecule has 0 aliphatic carbocycles. The minimum absolute atomic E-state index is 0.414. The minimum Gasteiger partial charge on any atom is -0.493 e. The average molecular weight is 398 g/mol. The Bertz CT molecular complexity index is 872. The Morgan fingerprint density at radius 1 is 0.964 bits per heavy atom. The van der Waals surface area contributed by atoms with E-state index in [9.17, 15) is 5.11 Å². The fourth-order valence-electron chi connectivity index (χ4n) is 2.89. The second-order valence-corrected chi connectivity index (χ2v) is 6.85. The Kier molecular flexibility index (Phi) is 7.31. The van der Waals surface area contributed by atoms with Gasteiger partial charge < -0.3 is 19.9 Å². The van der Waals surface area contributed by atoms with Crippen molar-refractivity contribution in [2.24, 2.45) is 0 Å². The molecule has 28 heavy (non-hydrogen) atoms. The number of hydrogen-bond acceptors (Lipinski definition) is 4. The van der Waals surface area contributed by atoms with E-state index >= 15 is 0 Å². The van der Waals surface area contributed by atoms with Crippen LogP contribution in [0.25, 0.3) is 0 Å². The van der Waals surface area contributed by atoms with Gasteiger partial charge in [0.15, 0.2) is 11.5 Å². The maximum atomic E-state index is 10.2. The summed E-state index contributed by atoms with van der Waals surface area (Å²) in [6.07, 6.45) is -0.563. The third-order valence-electron chi connectivity index (χ3n) is 4.37. The summed E-state index contributed by atoms with van der Waals surface area (Å²) >= 11 is 6.43. The molecule has 0 fully saturated rings. The van der Waals surface area contributed by atoms with Gasteiger partial charge in [0.2, 0.25) is 0 Å². The molecule has 0 amide bonds. The molecule has 0 aliphatic heterocycles. The molecule has 3 rings (SSSR count). The molecule has 0 unspecified atom stereocenters. The molecular formula is C23H24ClNO3. The number of rotatable bonds is 9. The van der Waals surface area contributed by atoms with Gasteiger partial charge in [0.25, 0.3) is 0 Å². The van der Waals surface area contributed by atoms with Gasteiger partial charge >= 0.3 is 0 Å². The second-order valence-electron chi connectivity index (χ2n) is 6.44. The van der Waals surface area contributed by atoms with Crippen LogP contribution in [0.15, 0.2) is 72.8 Å². The monoisotopic (exact) mass is 397 g/mol. The highest BCUT2D eigenvalue weighted by Gasteiger charge is 2.13. The van der Waals surface area contributed by atoms with Gasteiger partial charge in [0.05, 0.1) is 18.2 Å². The van der Waals surface area contributed by atoms with Gasteiger partial charge in [-0.25, -0.2) is 0 Å². The summed E-state index contributed by atoms with van der Waals surface area (Å²) < 4.78 is 11.3. The van der Waals surface area contributed by atoms with Crippen molar-refractivity contribution in [3.8, 4) is 11.5 Å². The van der Waals surface area contributed by atoms with E-state index in [1.54, 1.807) is 7.11 Å². The highest BCUT2D eigenvalue weighted by atomic mass is 35.5. The third-order valence-corrected chi connectivity index (χ3v) is 4.65. The van der Waals surface area contributed by atoms with Gasteiger partial charge in [-0.3, -0.25) is 0 Å². The fourth-order valence-corrected chi connectivity index (χ4v) is 3.18. The van der Waals surface area contributed by atoms with E-state index in [2.05, 4.69) is 5.32 Å². The van der Waals surface area contributed by atoms with Gasteiger partial charge in [0.1, 0.15) is 6.61 Å². The zero-order valence-corrected chi connectivity index (χ0v) is 16.5. The first-order valence-corrected chi connectivity index (χ1v) is 9.52. The van der Waals surface area contributed by atoms with Crippen LogP contribution in [0.4, 0.5) is 0 Å². The van der Waals surface area contributed by atoms with Crippen molar-refractivity contribution in [3.05, 3.63) is 94.5 Å². The highest BCUT2D eigenvalue weighted by Crippen LogP contribution is 2.37. The number of aliphatic hydroxyl groups is 1. The Hall–Kier alpha value is -2.53. The molecule has 0 heterocycles. The lowest BCUT2D eigenvalue weighted by Gasteiger charge is -2.16. The Morgan fingerprint density at radius 3 is 2.32 bits per heavy atom. The molecule has 3 aromatic rings. The summed E-state index contributed by atoms with van der Waals surface area (Å²) in [4.78, 5) is 0. The molecular weight excluding hydrogens is 374 g/mol. The molecule has 2 N–H and O–H groups in total. The second kappa shape index (κ2) is 10.1. The molecule has 0 aromatic heterocycles. The van der Waals surface area contributed by atoms with Gasteiger partial charge in [-0.15, -0.1) is 0 Å². The molecule has 0 radical (unpaired) electrons.